The van der Waals surface area contributed by atoms with Gasteiger partial charge in [-0.3, -0.25) is 4.98 Å². The van der Waals surface area contributed by atoms with Crippen LogP contribution in [-0.4, -0.2) is 32.6 Å². The molecule has 3 heterocycles. The second kappa shape index (κ2) is 6.76. The van der Waals surface area contributed by atoms with Crippen LogP contribution in [0.4, 0.5) is 10.5 Å². The van der Waals surface area contributed by atoms with Crippen LogP contribution in [0.25, 0.3) is 0 Å². The average molecular weight is 315 g/mol. The van der Waals surface area contributed by atoms with Crippen LogP contribution in [0.1, 0.15) is 49.0 Å². The third-order valence-electron chi connectivity index (χ3n) is 4.14. The monoisotopic (exact) mass is 315 g/mol. The summed E-state index contributed by atoms with van der Waals surface area (Å²) in [7, 11) is 0. The minimum atomic E-state index is -0.146. The van der Waals surface area contributed by atoms with E-state index in [-0.39, 0.29) is 12.1 Å². The number of aromatic nitrogens is 3. The van der Waals surface area contributed by atoms with E-state index in [0.717, 1.165) is 36.9 Å². The van der Waals surface area contributed by atoms with Gasteiger partial charge in [0.1, 0.15) is 0 Å². The van der Waals surface area contributed by atoms with Crippen molar-refractivity contribution in [1.82, 2.24) is 20.0 Å². The lowest BCUT2D eigenvalue weighted by Gasteiger charge is -2.28. The first-order valence-corrected chi connectivity index (χ1v) is 7.93. The van der Waals surface area contributed by atoms with Crippen LogP contribution in [0.3, 0.4) is 0 Å². The van der Waals surface area contributed by atoms with Crippen molar-refractivity contribution in [1.29, 1.82) is 0 Å². The Labute approximate surface area is 135 Å². The normalized spacial score (nSPS) is 18.5. The highest BCUT2D eigenvalue weighted by molar-refractivity contribution is 5.90. The number of rotatable bonds is 2. The summed E-state index contributed by atoms with van der Waals surface area (Å²) >= 11 is 0. The van der Waals surface area contributed by atoms with Crippen LogP contribution in [0.2, 0.25) is 0 Å². The molecule has 2 amide bonds. The molecule has 1 saturated heterocycles. The number of aryl methyl sites for hydroxylation is 2. The van der Waals surface area contributed by atoms with Gasteiger partial charge < -0.3 is 14.7 Å². The van der Waals surface area contributed by atoms with Crippen molar-refractivity contribution in [3.8, 4) is 0 Å². The Morgan fingerprint density at radius 3 is 2.96 bits per heavy atom. The largest absolute Gasteiger partial charge is 0.340 e. The van der Waals surface area contributed by atoms with Crippen LogP contribution in [-0.2, 0) is 0 Å². The first kappa shape index (κ1) is 15.5. The van der Waals surface area contributed by atoms with E-state index in [1.165, 1.54) is 0 Å². The predicted octanol–water partition coefficient (Wildman–Crippen LogP) is 3.23. The summed E-state index contributed by atoms with van der Waals surface area (Å²) in [5, 5.41) is 6.97. The topological polar surface area (TPSA) is 84.2 Å². The molecule has 1 fully saturated rings. The number of anilines is 1. The molecule has 1 N–H and O–H groups in total. The van der Waals surface area contributed by atoms with Crippen LogP contribution in [0.5, 0.6) is 0 Å². The lowest BCUT2D eigenvalue weighted by molar-refractivity contribution is 0.184. The van der Waals surface area contributed by atoms with E-state index in [0.29, 0.717) is 18.3 Å². The number of hydrogen-bond donors (Lipinski definition) is 1. The lowest BCUT2D eigenvalue weighted by atomic mass is 10.1. The molecule has 122 valence electrons. The smallest absolute Gasteiger partial charge is 0.322 e. The van der Waals surface area contributed by atoms with Gasteiger partial charge in [0.05, 0.1) is 17.9 Å². The number of nitrogens with zero attached hydrogens (tertiary/aromatic N) is 4. The molecule has 7 heteroatoms. The fourth-order valence-corrected chi connectivity index (χ4v) is 2.85. The number of hydrogen-bond acceptors (Lipinski definition) is 5. The maximum Gasteiger partial charge on any atom is 0.322 e. The number of pyridine rings is 1. The Morgan fingerprint density at radius 2 is 2.22 bits per heavy atom. The molecule has 1 unspecified atom stereocenters. The number of urea groups is 1. The summed E-state index contributed by atoms with van der Waals surface area (Å²) in [6.45, 7) is 4.39. The van der Waals surface area contributed by atoms with E-state index in [2.05, 4.69) is 20.4 Å². The van der Waals surface area contributed by atoms with Gasteiger partial charge in [0.2, 0.25) is 5.89 Å². The summed E-state index contributed by atoms with van der Waals surface area (Å²) in [6.07, 6.45) is 7.35. The van der Waals surface area contributed by atoms with E-state index < -0.39 is 0 Å². The summed E-state index contributed by atoms with van der Waals surface area (Å²) in [6, 6.07) is 1.58. The molecule has 0 bridgehead atoms. The molecular formula is C16H21N5O2. The Balaban J connectivity index is 1.81. The highest BCUT2D eigenvalue weighted by Gasteiger charge is 2.30. The van der Waals surface area contributed by atoms with Gasteiger partial charge in [0.15, 0.2) is 5.82 Å². The third-order valence-corrected chi connectivity index (χ3v) is 4.14. The zero-order chi connectivity index (χ0) is 16.2. The van der Waals surface area contributed by atoms with Gasteiger partial charge in [0, 0.05) is 19.7 Å². The number of amides is 2. The highest BCUT2D eigenvalue weighted by Crippen LogP contribution is 2.29. The molecule has 0 radical (unpaired) electrons. The van der Waals surface area contributed by atoms with Gasteiger partial charge in [0.25, 0.3) is 0 Å². The zero-order valence-corrected chi connectivity index (χ0v) is 13.5. The second-order valence-electron chi connectivity index (χ2n) is 5.85. The van der Waals surface area contributed by atoms with Gasteiger partial charge >= 0.3 is 6.03 Å². The van der Waals surface area contributed by atoms with Gasteiger partial charge in [-0.2, -0.15) is 4.98 Å². The van der Waals surface area contributed by atoms with Crippen LogP contribution >= 0.6 is 0 Å². The van der Waals surface area contributed by atoms with E-state index in [1.807, 2.05) is 17.9 Å². The van der Waals surface area contributed by atoms with Crippen molar-refractivity contribution in [2.45, 2.75) is 45.6 Å². The summed E-state index contributed by atoms with van der Waals surface area (Å²) in [5.41, 5.74) is 1.71. The SMILES string of the molecule is Cc1nc(C2CCCCCN2C(=O)Nc2cnccc2C)no1. The molecule has 3 rings (SSSR count). The van der Waals surface area contributed by atoms with Crippen molar-refractivity contribution in [2.24, 2.45) is 0 Å². The minimum Gasteiger partial charge on any atom is -0.340 e. The Hall–Kier alpha value is -2.44. The van der Waals surface area contributed by atoms with Gasteiger partial charge in [-0.25, -0.2) is 4.79 Å². The average Bonchev–Trinajstić information content (AvgIpc) is 2.82. The molecular weight excluding hydrogens is 294 g/mol. The molecule has 23 heavy (non-hydrogen) atoms. The van der Waals surface area contributed by atoms with Gasteiger partial charge in [-0.1, -0.05) is 18.0 Å². The predicted molar refractivity (Wildman–Crippen MR) is 84.9 cm³/mol. The lowest BCUT2D eigenvalue weighted by Crippen LogP contribution is -2.38. The summed E-state index contributed by atoms with van der Waals surface area (Å²) in [4.78, 5) is 23.0. The van der Waals surface area contributed by atoms with E-state index in [9.17, 15) is 4.79 Å². The quantitative estimate of drug-likeness (QED) is 0.919. The maximum absolute atomic E-state index is 12.8. The Morgan fingerprint density at radius 1 is 1.35 bits per heavy atom. The fourth-order valence-electron chi connectivity index (χ4n) is 2.85. The first-order chi connectivity index (χ1) is 11.1. The second-order valence-corrected chi connectivity index (χ2v) is 5.85. The fraction of sp³-hybridized carbons (Fsp3) is 0.500. The molecule has 0 saturated carbocycles. The molecule has 0 spiro atoms. The van der Waals surface area contributed by atoms with E-state index in [1.54, 1.807) is 19.3 Å². The Bertz CT molecular complexity index is 685. The molecule has 0 aliphatic carbocycles. The maximum atomic E-state index is 12.8. The molecule has 1 aliphatic heterocycles. The molecule has 7 nitrogen and oxygen atoms in total. The number of likely N-dealkylation sites (tertiary alicyclic amines) is 1. The number of carbonyl (C=O) groups is 1. The summed E-state index contributed by atoms with van der Waals surface area (Å²) < 4.78 is 5.09. The number of nitrogens with one attached hydrogen (secondary N) is 1. The van der Waals surface area contributed by atoms with Crippen LogP contribution in [0.15, 0.2) is 23.0 Å². The zero-order valence-electron chi connectivity index (χ0n) is 13.5. The van der Waals surface area contributed by atoms with Crippen molar-refractivity contribution < 1.29 is 9.32 Å². The van der Waals surface area contributed by atoms with Crippen molar-refractivity contribution in [3.63, 3.8) is 0 Å². The molecule has 2 aromatic heterocycles. The molecule has 1 atom stereocenters. The Kier molecular flexibility index (Phi) is 4.55. The summed E-state index contributed by atoms with van der Waals surface area (Å²) in [5.74, 6) is 1.11. The number of carbonyl (C=O) groups excluding carboxylic acids is 1. The van der Waals surface area contributed by atoms with Crippen LogP contribution in [0, 0.1) is 13.8 Å². The van der Waals surface area contributed by atoms with Gasteiger partial charge in [-0.05, 0) is 31.4 Å². The van der Waals surface area contributed by atoms with Crippen LogP contribution < -0.4 is 5.32 Å². The van der Waals surface area contributed by atoms with Crippen molar-refractivity contribution in [3.05, 3.63) is 35.7 Å². The molecule has 1 aliphatic rings. The minimum absolute atomic E-state index is 0.143. The molecule has 2 aromatic rings. The van der Waals surface area contributed by atoms with Crippen molar-refractivity contribution >= 4 is 11.7 Å². The van der Waals surface area contributed by atoms with E-state index >= 15 is 0 Å². The van der Waals surface area contributed by atoms with Gasteiger partial charge in [-0.15, -0.1) is 0 Å². The third kappa shape index (κ3) is 3.49. The highest BCUT2D eigenvalue weighted by atomic mass is 16.5. The first-order valence-electron chi connectivity index (χ1n) is 7.93. The molecule has 0 aromatic carbocycles. The standard InChI is InChI=1S/C16H21N5O2/c1-11-7-8-17-10-13(11)19-16(22)21-9-5-3-4-6-14(21)15-18-12(2)23-20-15/h7-8,10,14H,3-6,9H2,1-2H3,(H,19,22). The van der Waals surface area contributed by atoms with E-state index in [4.69, 9.17) is 4.52 Å². The van der Waals surface area contributed by atoms with Crippen molar-refractivity contribution in [2.75, 3.05) is 11.9 Å².